The summed E-state index contributed by atoms with van der Waals surface area (Å²) in [5.41, 5.74) is 0. The van der Waals surface area contributed by atoms with E-state index in [1.807, 2.05) is 11.9 Å². The number of methoxy groups -OCH3 is 1. The van der Waals surface area contributed by atoms with Crippen molar-refractivity contribution < 1.29 is 4.74 Å². The maximum absolute atomic E-state index is 6.03. The van der Waals surface area contributed by atoms with Gasteiger partial charge >= 0.3 is 0 Å². The van der Waals surface area contributed by atoms with Gasteiger partial charge in [-0.05, 0) is 12.5 Å². The highest BCUT2D eigenvalue weighted by Crippen LogP contribution is 2.30. The fourth-order valence-corrected chi connectivity index (χ4v) is 1.89. The summed E-state index contributed by atoms with van der Waals surface area (Å²) in [6, 6.07) is 1.60. The van der Waals surface area contributed by atoms with Crippen molar-refractivity contribution in [3.63, 3.8) is 0 Å². The third kappa shape index (κ3) is 3.67. The van der Waals surface area contributed by atoms with Crippen LogP contribution in [0.15, 0.2) is 6.07 Å². The quantitative estimate of drug-likeness (QED) is 0.611. The second-order valence-electron chi connectivity index (χ2n) is 3.33. The van der Waals surface area contributed by atoms with E-state index in [1.54, 1.807) is 13.2 Å². The Morgan fingerprint density at radius 3 is 2.62 bits per heavy atom. The van der Waals surface area contributed by atoms with Crippen molar-refractivity contribution >= 4 is 40.6 Å². The Morgan fingerprint density at radius 1 is 1.31 bits per heavy atom. The minimum absolute atomic E-state index is 0.264. The van der Waals surface area contributed by atoms with Crippen LogP contribution in [0.5, 0.6) is 0 Å². The standard InChI is InChI=1S/C10H13Cl3N2O/c1-15(4-3-5-16-2)10-8(12)6-7(11)9(13)14-10/h6H,3-5H2,1-2H3. The zero-order valence-electron chi connectivity index (χ0n) is 9.14. The fourth-order valence-electron chi connectivity index (χ4n) is 1.25. The molecule has 1 heterocycles. The zero-order chi connectivity index (χ0) is 12.1. The molecule has 0 radical (unpaired) electrons. The lowest BCUT2D eigenvalue weighted by Gasteiger charge is -2.19. The highest BCUT2D eigenvalue weighted by Gasteiger charge is 2.11. The van der Waals surface area contributed by atoms with E-state index >= 15 is 0 Å². The van der Waals surface area contributed by atoms with Crippen molar-refractivity contribution in [3.8, 4) is 0 Å². The summed E-state index contributed by atoms with van der Waals surface area (Å²) in [5.74, 6) is 0.632. The summed E-state index contributed by atoms with van der Waals surface area (Å²) in [6.45, 7) is 1.49. The van der Waals surface area contributed by atoms with Gasteiger partial charge in [-0.2, -0.15) is 0 Å². The molecule has 0 aliphatic carbocycles. The van der Waals surface area contributed by atoms with Crippen molar-refractivity contribution in [1.82, 2.24) is 4.98 Å². The van der Waals surface area contributed by atoms with Gasteiger partial charge in [-0.3, -0.25) is 0 Å². The van der Waals surface area contributed by atoms with Gasteiger partial charge in [-0.15, -0.1) is 0 Å². The highest BCUT2D eigenvalue weighted by atomic mass is 35.5. The normalized spacial score (nSPS) is 10.6. The third-order valence-electron chi connectivity index (χ3n) is 2.07. The van der Waals surface area contributed by atoms with Crippen LogP contribution in [0, 0.1) is 0 Å². The molecule has 0 amide bonds. The summed E-state index contributed by atoms with van der Waals surface area (Å²) < 4.78 is 4.97. The lowest BCUT2D eigenvalue weighted by atomic mass is 10.4. The van der Waals surface area contributed by atoms with Gasteiger partial charge in [-0.1, -0.05) is 34.8 Å². The number of halogens is 3. The minimum atomic E-state index is 0.264. The first-order valence-corrected chi connectivity index (χ1v) is 5.91. The predicted molar refractivity (Wildman–Crippen MR) is 69.0 cm³/mol. The summed E-state index contributed by atoms with van der Waals surface area (Å²) in [4.78, 5) is 6.06. The molecule has 0 saturated carbocycles. The van der Waals surface area contributed by atoms with E-state index in [4.69, 9.17) is 39.5 Å². The van der Waals surface area contributed by atoms with Crippen LogP contribution in [0.4, 0.5) is 5.82 Å². The second-order valence-corrected chi connectivity index (χ2v) is 4.51. The van der Waals surface area contributed by atoms with Crippen molar-refractivity contribution in [2.24, 2.45) is 0 Å². The van der Waals surface area contributed by atoms with Crippen molar-refractivity contribution in [2.75, 3.05) is 32.2 Å². The molecule has 1 aromatic rings. The molecule has 0 spiro atoms. The highest BCUT2D eigenvalue weighted by molar-refractivity contribution is 6.42. The van der Waals surface area contributed by atoms with Crippen LogP contribution >= 0.6 is 34.8 Å². The maximum Gasteiger partial charge on any atom is 0.150 e. The molecule has 3 nitrogen and oxygen atoms in total. The molecule has 0 aromatic carbocycles. The van der Waals surface area contributed by atoms with Crippen LogP contribution in [-0.2, 0) is 4.74 Å². The van der Waals surface area contributed by atoms with Crippen LogP contribution in [0.3, 0.4) is 0 Å². The summed E-state index contributed by atoms with van der Waals surface area (Å²) in [5, 5.41) is 1.12. The van der Waals surface area contributed by atoms with E-state index in [-0.39, 0.29) is 5.15 Å². The lowest BCUT2D eigenvalue weighted by Crippen LogP contribution is -2.21. The minimum Gasteiger partial charge on any atom is -0.385 e. The van der Waals surface area contributed by atoms with Gasteiger partial charge in [0.15, 0.2) is 0 Å². The molecule has 0 N–H and O–H groups in total. The summed E-state index contributed by atoms with van der Waals surface area (Å²) in [6.07, 6.45) is 0.894. The molecule has 0 saturated heterocycles. The molecule has 0 aliphatic heterocycles. The largest absolute Gasteiger partial charge is 0.385 e. The van der Waals surface area contributed by atoms with E-state index in [2.05, 4.69) is 4.98 Å². The van der Waals surface area contributed by atoms with Gasteiger partial charge in [0.2, 0.25) is 0 Å². The molecular weight excluding hydrogens is 270 g/mol. The van der Waals surface area contributed by atoms with Gasteiger partial charge in [0.1, 0.15) is 11.0 Å². The molecule has 0 atom stereocenters. The van der Waals surface area contributed by atoms with Gasteiger partial charge in [0.25, 0.3) is 0 Å². The first-order chi connectivity index (χ1) is 7.56. The van der Waals surface area contributed by atoms with E-state index in [1.165, 1.54) is 0 Å². The van der Waals surface area contributed by atoms with Crippen LogP contribution in [0.25, 0.3) is 0 Å². The monoisotopic (exact) mass is 282 g/mol. The number of pyridine rings is 1. The Morgan fingerprint density at radius 2 is 2.00 bits per heavy atom. The smallest absolute Gasteiger partial charge is 0.150 e. The predicted octanol–water partition coefficient (Wildman–Crippen LogP) is 3.51. The number of anilines is 1. The molecule has 6 heteroatoms. The van der Waals surface area contributed by atoms with Crippen molar-refractivity contribution in [2.45, 2.75) is 6.42 Å². The van der Waals surface area contributed by atoms with Gasteiger partial charge < -0.3 is 9.64 Å². The Hall–Kier alpha value is -0.220. The molecular formula is C10H13Cl3N2O. The zero-order valence-corrected chi connectivity index (χ0v) is 11.4. The Kier molecular flexibility index (Phi) is 5.62. The third-order valence-corrected chi connectivity index (χ3v) is 3.02. The molecule has 0 aliphatic rings. The number of hydrogen-bond donors (Lipinski definition) is 0. The average Bonchev–Trinajstić information content (AvgIpc) is 2.23. The number of rotatable bonds is 5. The average molecular weight is 284 g/mol. The summed E-state index contributed by atoms with van der Waals surface area (Å²) in [7, 11) is 3.57. The van der Waals surface area contributed by atoms with Crippen molar-refractivity contribution in [3.05, 3.63) is 21.3 Å². The van der Waals surface area contributed by atoms with E-state index < -0.39 is 0 Å². The van der Waals surface area contributed by atoms with Crippen LogP contribution < -0.4 is 4.90 Å². The number of hydrogen-bond acceptors (Lipinski definition) is 3. The van der Waals surface area contributed by atoms with Gasteiger partial charge in [0.05, 0.1) is 10.0 Å². The molecule has 0 unspecified atom stereocenters. The Bertz CT molecular complexity index is 360. The molecule has 16 heavy (non-hydrogen) atoms. The lowest BCUT2D eigenvalue weighted by molar-refractivity contribution is 0.196. The van der Waals surface area contributed by atoms with Crippen LogP contribution in [-0.4, -0.2) is 32.3 Å². The van der Waals surface area contributed by atoms with E-state index in [9.17, 15) is 0 Å². The fraction of sp³-hybridized carbons (Fsp3) is 0.500. The first-order valence-electron chi connectivity index (χ1n) is 4.78. The summed E-state index contributed by atoms with van der Waals surface area (Å²) >= 11 is 17.7. The second kappa shape index (κ2) is 6.50. The first kappa shape index (κ1) is 13.8. The Labute approximate surface area is 110 Å². The van der Waals surface area contributed by atoms with E-state index in [0.717, 1.165) is 13.0 Å². The molecule has 90 valence electrons. The van der Waals surface area contributed by atoms with Gasteiger partial charge in [-0.25, -0.2) is 4.98 Å². The molecule has 1 aromatic heterocycles. The number of nitrogens with zero attached hydrogens (tertiary/aromatic N) is 2. The maximum atomic E-state index is 6.03. The number of ether oxygens (including phenoxy) is 1. The van der Waals surface area contributed by atoms with Crippen LogP contribution in [0.2, 0.25) is 15.2 Å². The molecule has 0 bridgehead atoms. The topological polar surface area (TPSA) is 25.4 Å². The number of aromatic nitrogens is 1. The Balaban J connectivity index is 2.75. The SMILES string of the molecule is COCCCN(C)c1nc(Cl)c(Cl)cc1Cl. The van der Waals surface area contributed by atoms with Gasteiger partial charge in [0, 0.05) is 27.3 Å². The van der Waals surface area contributed by atoms with Crippen molar-refractivity contribution in [1.29, 1.82) is 0 Å². The molecule has 1 rings (SSSR count). The molecule has 0 fully saturated rings. The van der Waals surface area contributed by atoms with Crippen LogP contribution in [0.1, 0.15) is 6.42 Å². The van der Waals surface area contributed by atoms with E-state index in [0.29, 0.717) is 22.5 Å².